The zero-order valence-electron chi connectivity index (χ0n) is 14.0. The SMILES string of the molecule is COc1cc(N2CCC(CN3CCCC3)CC2)c([N+](=O)[O-])cc1F. The first-order chi connectivity index (χ1) is 11.6. The summed E-state index contributed by atoms with van der Waals surface area (Å²) in [5, 5.41) is 11.3. The van der Waals surface area contributed by atoms with Crippen LogP contribution in [0.4, 0.5) is 15.8 Å². The number of nitrogens with zero attached hydrogens (tertiary/aromatic N) is 3. The zero-order chi connectivity index (χ0) is 17.1. The summed E-state index contributed by atoms with van der Waals surface area (Å²) in [5.41, 5.74) is 0.268. The van der Waals surface area contributed by atoms with Crippen LogP contribution < -0.4 is 9.64 Å². The Kier molecular flexibility index (Phi) is 5.18. The molecule has 24 heavy (non-hydrogen) atoms. The van der Waals surface area contributed by atoms with Gasteiger partial charge in [0.15, 0.2) is 11.6 Å². The van der Waals surface area contributed by atoms with E-state index in [9.17, 15) is 14.5 Å². The van der Waals surface area contributed by atoms with Crippen LogP contribution in [0.3, 0.4) is 0 Å². The molecule has 0 radical (unpaired) electrons. The second kappa shape index (κ2) is 7.34. The summed E-state index contributed by atoms with van der Waals surface area (Å²) in [6.07, 6.45) is 4.60. The van der Waals surface area contributed by atoms with Gasteiger partial charge in [0.05, 0.1) is 18.1 Å². The lowest BCUT2D eigenvalue weighted by molar-refractivity contribution is -0.384. The smallest absolute Gasteiger partial charge is 0.295 e. The maximum atomic E-state index is 13.8. The van der Waals surface area contributed by atoms with Crippen molar-refractivity contribution >= 4 is 11.4 Å². The monoisotopic (exact) mass is 337 g/mol. The number of methoxy groups -OCH3 is 1. The van der Waals surface area contributed by atoms with Crippen LogP contribution >= 0.6 is 0 Å². The van der Waals surface area contributed by atoms with Gasteiger partial charge in [-0.25, -0.2) is 4.39 Å². The van der Waals surface area contributed by atoms with Crippen molar-refractivity contribution < 1.29 is 14.1 Å². The summed E-state index contributed by atoms with van der Waals surface area (Å²) in [6, 6.07) is 2.42. The molecule has 0 saturated carbocycles. The van der Waals surface area contributed by atoms with Gasteiger partial charge in [-0.05, 0) is 44.7 Å². The van der Waals surface area contributed by atoms with E-state index in [-0.39, 0.29) is 11.4 Å². The molecule has 0 bridgehead atoms. The van der Waals surface area contributed by atoms with E-state index in [0.717, 1.165) is 38.5 Å². The van der Waals surface area contributed by atoms with Crippen molar-refractivity contribution in [2.75, 3.05) is 44.7 Å². The van der Waals surface area contributed by atoms with Crippen molar-refractivity contribution in [2.24, 2.45) is 5.92 Å². The van der Waals surface area contributed by atoms with E-state index in [2.05, 4.69) is 4.90 Å². The first kappa shape index (κ1) is 17.0. The summed E-state index contributed by atoms with van der Waals surface area (Å²) in [5.74, 6) is -0.00703. The van der Waals surface area contributed by atoms with Crippen LogP contribution in [0.25, 0.3) is 0 Å². The highest BCUT2D eigenvalue weighted by molar-refractivity contribution is 5.66. The molecule has 0 atom stereocenters. The van der Waals surface area contributed by atoms with Gasteiger partial charge in [0.1, 0.15) is 5.69 Å². The topological polar surface area (TPSA) is 58.8 Å². The van der Waals surface area contributed by atoms with E-state index < -0.39 is 10.7 Å². The number of likely N-dealkylation sites (tertiary alicyclic amines) is 1. The van der Waals surface area contributed by atoms with E-state index >= 15 is 0 Å². The van der Waals surface area contributed by atoms with E-state index in [1.807, 2.05) is 4.90 Å². The van der Waals surface area contributed by atoms with Crippen LogP contribution in [0.2, 0.25) is 0 Å². The number of nitro groups is 1. The van der Waals surface area contributed by atoms with Crippen molar-refractivity contribution in [3.05, 3.63) is 28.1 Å². The first-order valence-electron chi connectivity index (χ1n) is 8.57. The number of hydrogen-bond acceptors (Lipinski definition) is 5. The van der Waals surface area contributed by atoms with Crippen molar-refractivity contribution in [1.82, 2.24) is 4.90 Å². The molecule has 132 valence electrons. The van der Waals surface area contributed by atoms with Crippen LogP contribution in [0.1, 0.15) is 25.7 Å². The molecule has 2 heterocycles. The maximum Gasteiger partial charge on any atom is 0.295 e. The Hall–Kier alpha value is -1.89. The minimum absolute atomic E-state index is 0.0507. The molecule has 0 aliphatic carbocycles. The summed E-state index contributed by atoms with van der Waals surface area (Å²) in [7, 11) is 1.37. The molecule has 3 rings (SSSR count). The highest BCUT2D eigenvalue weighted by Crippen LogP contribution is 2.36. The molecule has 0 spiro atoms. The molecule has 0 aromatic heterocycles. The Morgan fingerprint density at radius 2 is 1.92 bits per heavy atom. The van der Waals surface area contributed by atoms with Gasteiger partial charge in [-0.15, -0.1) is 0 Å². The van der Waals surface area contributed by atoms with E-state index in [1.54, 1.807) is 0 Å². The fourth-order valence-corrected chi connectivity index (χ4v) is 3.77. The number of piperidine rings is 1. The number of ether oxygens (including phenoxy) is 1. The first-order valence-corrected chi connectivity index (χ1v) is 8.57. The third-order valence-electron chi connectivity index (χ3n) is 5.12. The molecule has 0 amide bonds. The summed E-state index contributed by atoms with van der Waals surface area (Å²) in [6.45, 7) is 5.03. The average Bonchev–Trinajstić information content (AvgIpc) is 3.08. The number of halogens is 1. The Morgan fingerprint density at radius 3 is 2.50 bits per heavy atom. The molecule has 2 saturated heterocycles. The third kappa shape index (κ3) is 3.61. The van der Waals surface area contributed by atoms with Crippen LogP contribution in [0, 0.1) is 21.8 Å². The predicted octanol–water partition coefficient (Wildman–Crippen LogP) is 3.05. The van der Waals surface area contributed by atoms with Gasteiger partial charge in [-0.1, -0.05) is 0 Å². The fourth-order valence-electron chi connectivity index (χ4n) is 3.77. The Bertz CT molecular complexity index is 597. The van der Waals surface area contributed by atoms with Crippen LogP contribution in [-0.4, -0.2) is 49.7 Å². The maximum absolute atomic E-state index is 13.8. The lowest BCUT2D eigenvalue weighted by Gasteiger charge is -2.35. The fraction of sp³-hybridized carbons (Fsp3) is 0.647. The van der Waals surface area contributed by atoms with Gasteiger partial charge in [0.2, 0.25) is 0 Å². The second-order valence-electron chi connectivity index (χ2n) is 6.67. The Balaban J connectivity index is 1.69. The molecule has 0 N–H and O–H groups in total. The van der Waals surface area contributed by atoms with Gasteiger partial charge >= 0.3 is 0 Å². The summed E-state index contributed by atoms with van der Waals surface area (Å²) < 4.78 is 18.8. The van der Waals surface area contributed by atoms with Gasteiger partial charge in [-0.3, -0.25) is 10.1 Å². The molecule has 0 unspecified atom stereocenters. The third-order valence-corrected chi connectivity index (χ3v) is 5.12. The number of hydrogen-bond donors (Lipinski definition) is 0. The van der Waals surface area contributed by atoms with Crippen molar-refractivity contribution in [3.8, 4) is 5.75 Å². The van der Waals surface area contributed by atoms with E-state index in [4.69, 9.17) is 4.74 Å². The summed E-state index contributed by atoms with van der Waals surface area (Å²) >= 11 is 0. The van der Waals surface area contributed by atoms with E-state index in [0.29, 0.717) is 11.6 Å². The van der Waals surface area contributed by atoms with Gasteiger partial charge in [0.25, 0.3) is 5.69 Å². The molecule has 1 aromatic carbocycles. The van der Waals surface area contributed by atoms with E-state index in [1.165, 1.54) is 39.1 Å². The van der Waals surface area contributed by atoms with Crippen molar-refractivity contribution in [3.63, 3.8) is 0 Å². The zero-order valence-corrected chi connectivity index (χ0v) is 14.0. The standard InChI is InChI=1S/C17H24FN3O3/c1-24-17-11-15(16(21(22)23)10-14(17)18)20-8-4-13(5-9-20)12-19-6-2-3-7-19/h10-11,13H,2-9,12H2,1H3. The van der Waals surface area contributed by atoms with Gasteiger partial charge in [0, 0.05) is 25.7 Å². The molecule has 1 aromatic rings. The molecule has 2 fully saturated rings. The quantitative estimate of drug-likeness (QED) is 0.610. The molecule has 7 heteroatoms. The highest BCUT2D eigenvalue weighted by Gasteiger charge is 2.28. The van der Waals surface area contributed by atoms with Crippen LogP contribution in [0.15, 0.2) is 12.1 Å². The molecule has 2 aliphatic rings. The number of rotatable bonds is 5. The molecular formula is C17H24FN3O3. The predicted molar refractivity (Wildman–Crippen MR) is 90.2 cm³/mol. The minimum atomic E-state index is -0.697. The highest BCUT2D eigenvalue weighted by atomic mass is 19.1. The Morgan fingerprint density at radius 1 is 1.25 bits per heavy atom. The van der Waals surface area contributed by atoms with Gasteiger partial charge in [-0.2, -0.15) is 0 Å². The Labute approximate surface area is 141 Å². The minimum Gasteiger partial charge on any atom is -0.494 e. The number of anilines is 1. The normalized spacial score (nSPS) is 19.7. The van der Waals surface area contributed by atoms with Crippen molar-refractivity contribution in [1.29, 1.82) is 0 Å². The average molecular weight is 337 g/mol. The van der Waals surface area contributed by atoms with Crippen LogP contribution in [-0.2, 0) is 0 Å². The summed E-state index contributed by atoms with van der Waals surface area (Å²) in [4.78, 5) is 15.3. The van der Waals surface area contributed by atoms with Gasteiger partial charge < -0.3 is 14.5 Å². The number of nitro benzene ring substituents is 1. The van der Waals surface area contributed by atoms with Crippen LogP contribution in [0.5, 0.6) is 5.75 Å². The molecule has 2 aliphatic heterocycles. The lowest BCUT2D eigenvalue weighted by atomic mass is 9.95. The number of benzene rings is 1. The largest absolute Gasteiger partial charge is 0.494 e. The molecular weight excluding hydrogens is 313 g/mol. The lowest BCUT2D eigenvalue weighted by Crippen LogP contribution is -2.38. The van der Waals surface area contributed by atoms with Crippen molar-refractivity contribution in [2.45, 2.75) is 25.7 Å². The molecule has 6 nitrogen and oxygen atoms in total. The second-order valence-corrected chi connectivity index (χ2v) is 6.67.